The number of aromatic nitrogens is 2. The summed E-state index contributed by atoms with van der Waals surface area (Å²) in [6.07, 6.45) is 2.46. The van der Waals surface area contributed by atoms with Gasteiger partial charge < -0.3 is 31.5 Å². The summed E-state index contributed by atoms with van der Waals surface area (Å²) in [6.45, 7) is 0.579. The van der Waals surface area contributed by atoms with Crippen molar-refractivity contribution in [3.05, 3.63) is 42.4 Å². The van der Waals surface area contributed by atoms with E-state index in [-0.39, 0.29) is 24.6 Å². The predicted molar refractivity (Wildman–Crippen MR) is 104 cm³/mol. The molecule has 2 heterocycles. The van der Waals surface area contributed by atoms with Crippen molar-refractivity contribution >= 4 is 35.0 Å². The Morgan fingerprint density at radius 2 is 1.97 bits per heavy atom. The number of hydrogen-bond donors (Lipinski definition) is 6. The molecule has 0 fully saturated rings. The van der Waals surface area contributed by atoms with Crippen molar-refractivity contribution in [1.82, 2.24) is 15.3 Å². The lowest BCUT2D eigenvalue weighted by molar-refractivity contribution is -0.140. The fourth-order valence-corrected chi connectivity index (χ4v) is 2.79. The molecule has 152 valence electrons. The first kappa shape index (κ1) is 19.9. The molecule has 0 bridgehead atoms. The Kier molecular flexibility index (Phi) is 6.07. The molecule has 2 unspecified atom stereocenters. The molecule has 3 rings (SSSR count). The van der Waals surface area contributed by atoms with Crippen LogP contribution in [0.3, 0.4) is 0 Å². The van der Waals surface area contributed by atoms with E-state index >= 15 is 0 Å². The highest BCUT2D eigenvalue weighted by Crippen LogP contribution is 2.22. The van der Waals surface area contributed by atoms with E-state index in [1.807, 2.05) is 0 Å². The molecule has 29 heavy (non-hydrogen) atoms. The SMILES string of the molecule is O=C(O)CCC(NC(=O)c1ccc(NC2CNc3ncncc3N2)cc1)C(=O)O. The monoisotopic (exact) mass is 400 g/mol. The lowest BCUT2D eigenvalue weighted by Crippen LogP contribution is -2.41. The maximum Gasteiger partial charge on any atom is 0.326 e. The third kappa shape index (κ3) is 5.31. The van der Waals surface area contributed by atoms with Crippen LogP contribution in [0.25, 0.3) is 0 Å². The van der Waals surface area contributed by atoms with Crippen molar-refractivity contribution in [3.8, 4) is 0 Å². The molecule has 2 atom stereocenters. The molecule has 1 amide bonds. The minimum atomic E-state index is -1.28. The number of anilines is 3. The van der Waals surface area contributed by atoms with Crippen LogP contribution in [-0.2, 0) is 9.59 Å². The fourth-order valence-electron chi connectivity index (χ4n) is 2.79. The lowest BCUT2D eigenvalue weighted by atomic mass is 10.1. The molecule has 0 aliphatic carbocycles. The van der Waals surface area contributed by atoms with Gasteiger partial charge in [0.05, 0.1) is 18.4 Å². The van der Waals surface area contributed by atoms with E-state index in [1.165, 1.54) is 6.33 Å². The second-order valence-electron chi connectivity index (χ2n) is 6.38. The number of carbonyl (C=O) groups is 3. The Morgan fingerprint density at radius 1 is 1.21 bits per heavy atom. The Balaban J connectivity index is 1.57. The average molecular weight is 400 g/mol. The molecule has 6 N–H and O–H groups in total. The van der Waals surface area contributed by atoms with Gasteiger partial charge in [0, 0.05) is 17.7 Å². The van der Waals surface area contributed by atoms with Gasteiger partial charge in [-0.1, -0.05) is 0 Å². The number of nitrogens with zero attached hydrogens (tertiary/aromatic N) is 2. The zero-order valence-corrected chi connectivity index (χ0v) is 15.3. The van der Waals surface area contributed by atoms with Crippen LogP contribution in [0, 0.1) is 0 Å². The maximum atomic E-state index is 12.3. The number of amides is 1. The van der Waals surface area contributed by atoms with Crippen LogP contribution in [0.1, 0.15) is 23.2 Å². The van der Waals surface area contributed by atoms with Crippen molar-refractivity contribution in [3.63, 3.8) is 0 Å². The number of nitrogens with one attached hydrogen (secondary N) is 4. The summed E-state index contributed by atoms with van der Waals surface area (Å²) >= 11 is 0. The van der Waals surface area contributed by atoms with E-state index in [4.69, 9.17) is 10.2 Å². The van der Waals surface area contributed by atoms with Gasteiger partial charge in [-0.3, -0.25) is 9.59 Å². The molecule has 0 saturated heterocycles. The fraction of sp³-hybridized carbons (Fsp3) is 0.278. The van der Waals surface area contributed by atoms with Crippen LogP contribution in [0.4, 0.5) is 17.2 Å². The second kappa shape index (κ2) is 8.87. The van der Waals surface area contributed by atoms with E-state index < -0.39 is 23.9 Å². The van der Waals surface area contributed by atoms with Gasteiger partial charge >= 0.3 is 11.9 Å². The molecule has 11 heteroatoms. The van der Waals surface area contributed by atoms with Crippen LogP contribution < -0.4 is 21.3 Å². The molecular weight excluding hydrogens is 380 g/mol. The van der Waals surface area contributed by atoms with Crippen LogP contribution in [-0.4, -0.2) is 56.8 Å². The molecule has 0 saturated carbocycles. The summed E-state index contributed by atoms with van der Waals surface area (Å²) in [5, 5.41) is 29.9. The van der Waals surface area contributed by atoms with Crippen molar-refractivity contribution in [1.29, 1.82) is 0 Å². The largest absolute Gasteiger partial charge is 0.481 e. The van der Waals surface area contributed by atoms with Gasteiger partial charge in [-0.05, 0) is 30.7 Å². The number of fused-ring (bicyclic) bond motifs is 1. The topological polar surface area (TPSA) is 166 Å². The van der Waals surface area contributed by atoms with Crippen molar-refractivity contribution in [2.45, 2.75) is 25.0 Å². The Morgan fingerprint density at radius 3 is 2.66 bits per heavy atom. The number of carbonyl (C=O) groups excluding carboxylic acids is 1. The number of hydrogen-bond acceptors (Lipinski definition) is 8. The molecular formula is C18H20N6O5. The second-order valence-corrected chi connectivity index (χ2v) is 6.38. The summed E-state index contributed by atoms with van der Waals surface area (Å²) in [5.41, 5.74) is 1.79. The molecule has 1 aliphatic heterocycles. The smallest absolute Gasteiger partial charge is 0.326 e. The van der Waals surface area contributed by atoms with Gasteiger partial charge in [0.2, 0.25) is 0 Å². The minimum absolute atomic E-state index is 0.124. The first-order chi connectivity index (χ1) is 13.9. The molecule has 2 aromatic rings. The lowest BCUT2D eigenvalue weighted by Gasteiger charge is -2.28. The zero-order chi connectivity index (χ0) is 20.8. The number of carboxylic acids is 2. The minimum Gasteiger partial charge on any atom is -0.481 e. The highest BCUT2D eigenvalue weighted by molar-refractivity contribution is 5.97. The molecule has 11 nitrogen and oxygen atoms in total. The first-order valence-corrected chi connectivity index (χ1v) is 8.85. The van der Waals surface area contributed by atoms with Gasteiger partial charge in [-0.25, -0.2) is 14.8 Å². The van der Waals surface area contributed by atoms with Crippen molar-refractivity contribution in [2.75, 3.05) is 22.5 Å². The molecule has 0 spiro atoms. The summed E-state index contributed by atoms with van der Waals surface area (Å²) in [7, 11) is 0. The summed E-state index contributed by atoms with van der Waals surface area (Å²) in [6, 6.07) is 5.24. The molecule has 0 radical (unpaired) electrons. The third-order valence-corrected chi connectivity index (χ3v) is 4.25. The van der Waals surface area contributed by atoms with Crippen LogP contribution >= 0.6 is 0 Å². The number of carboxylic acid groups (broad SMARTS) is 2. The maximum absolute atomic E-state index is 12.3. The van der Waals surface area contributed by atoms with Gasteiger partial charge in [0.25, 0.3) is 5.91 Å². The normalized spacial score (nSPS) is 15.8. The van der Waals surface area contributed by atoms with Gasteiger partial charge in [0.15, 0.2) is 5.82 Å². The quantitative estimate of drug-likeness (QED) is 0.373. The molecule has 1 aromatic carbocycles. The van der Waals surface area contributed by atoms with Crippen LogP contribution in [0.15, 0.2) is 36.8 Å². The molecule has 1 aliphatic rings. The van der Waals surface area contributed by atoms with E-state index in [0.29, 0.717) is 6.54 Å². The van der Waals surface area contributed by atoms with Crippen molar-refractivity contribution < 1.29 is 24.6 Å². The number of rotatable bonds is 8. The zero-order valence-electron chi connectivity index (χ0n) is 15.3. The van der Waals surface area contributed by atoms with Crippen LogP contribution in [0.2, 0.25) is 0 Å². The van der Waals surface area contributed by atoms with Gasteiger partial charge in [0.1, 0.15) is 18.5 Å². The number of aliphatic carboxylic acids is 2. The Labute approximate surface area is 165 Å². The third-order valence-electron chi connectivity index (χ3n) is 4.25. The highest BCUT2D eigenvalue weighted by atomic mass is 16.4. The number of benzene rings is 1. The summed E-state index contributed by atoms with van der Waals surface area (Å²) in [4.78, 5) is 42.2. The van der Waals surface area contributed by atoms with Gasteiger partial charge in [-0.15, -0.1) is 0 Å². The van der Waals surface area contributed by atoms with Gasteiger partial charge in [-0.2, -0.15) is 0 Å². The Hall–Kier alpha value is -3.89. The molecule has 1 aromatic heterocycles. The van der Waals surface area contributed by atoms with Crippen molar-refractivity contribution in [2.24, 2.45) is 0 Å². The highest BCUT2D eigenvalue weighted by Gasteiger charge is 2.22. The van der Waals surface area contributed by atoms with Crippen LogP contribution in [0.5, 0.6) is 0 Å². The predicted octanol–water partition coefficient (Wildman–Crippen LogP) is 0.800. The average Bonchev–Trinajstić information content (AvgIpc) is 2.71. The Bertz CT molecular complexity index is 904. The summed E-state index contributed by atoms with van der Waals surface area (Å²) < 4.78 is 0. The first-order valence-electron chi connectivity index (χ1n) is 8.85. The van der Waals surface area contributed by atoms with E-state index in [9.17, 15) is 14.4 Å². The summed E-state index contributed by atoms with van der Waals surface area (Å²) in [5.74, 6) is -2.27. The van der Waals surface area contributed by atoms with E-state index in [0.717, 1.165) is 17.2 Å². The standard InChI is InChI=1S/C18H20N6O5/c25-15(26)6-5-12(18(28)29)24-17(27)10-1-3-11(4-2-10)22-14-8-20-16-13(23-14)7-19-9-21-16/h1-4,7,9,12,14,22-23H,5-6,8H2,(H,24,27)(H,25,26)(H,28,29)(H,19,20,21). The van der Waals surface area contributed by atoms with E-state index in [2.05, 4.69) is 31.2 Å². The van der Waals surface area contributed by atoms with E-state index in [1.54, 1.807) is 30.5 Å².